The molecule has 0 saturated heterocycles. The monoisotopic (exact) mass is 392 g/mol. The Hall–Kier alpha value is -2.55. The Labute approximate surface area is 164 Å². The van der Waals surface area contributed by atoms with Crippen LogP contribution in [-0.4, -0.2) is 42.9 Å². The minimum Gasteiger partial charge on any atom is -0.535 e. The predicted octanol–water partition coefficient (Wildman–Crippen LogP) is 2.91. The summed E-state index contributed by atoms with van der Waals surface area (Å²) in [5, 5.41) is 10.3. The quantitative estimate of drug-likeness (QED) is 0.409. The van der Waals surface area contributed by atoms with E-state index >= 15 is 0 Å². The number of hydrogen-bond donors (Lipinski definition) is 1. The first-order valence-corrected chi connectivity index (χ1v) is 9.38. The Bertz CT molecular complexity index is 720. The summed E-state index contributed by atoms with van der Waals surface area (Å²) in [6.07, 6.45) is -0.267. The molecule has 0 fully saturated rings. The van der Waals surface area contributed by atoms with Crippen molar-refractivity contribution in [3.8, 4) is 5.75 Å². The zero-order chi connectivity index (χ0) is 20.7. The average molecular weight is 392 g/mol. The van der Waals surface area contributed by atoms with Gasteiger partial charge in [0.1, 0.15) is 17.1 Å². The second-order valence-corrected chi connectivity index (χ2v) is 6.53. The highest BCUT2D eigenvalue weighted by molar-refractivity contribution is 6.47. The third-order valence-electron chi connectivity index (χ3n) is 4.26. The Morgan fingerprint density at radius 3 is 2.71 bits per heavy atom. The fourth-order valence-electron chi connectivity index (χ4n) is 3.02. The molecule has 1 N–H and O–H groups in total. The van der Waals surface area contributed by atoms with Crippen molar-refractivity contribution in [2.45, 2.75) is 58.6 Å². The first kappa shape index (κ1) is 21.8. The van der Waals surface area contributed by atoms with Gasteiger partial charge in [-0.1, -0.05) is 19.1 Å². The second-order valence-electron chi connectivity index (χ2n) is 6.53. The van der Waals surface area contributed by atoms with Gasteiger partial charge < -0.3 is 23.9 Å². The highest BCUT2D eigenvalue weighted by atomic mass is 16.8. The summed E-state index contributed by atoms with van der Waals surface area (Å²) in [4.78, 5) is 35.7. The number of para-hydroxylation sites is 1. The lowest BCUT2D eigenvalue weighted by molar-refractivity contribution is -0.119. The molecule has 28 heavy (non-hydrogen) atoms. The molecule has 2 atom stereocenters. The van der Waals surface area contributed by atoms with Gasteiger partial charge in [-0.3, -0.25) is 4.79 Å². The largest absolute Gasteiger partial charge is 0.535 e. The highest BCUT2D eigenvalue weighted by Gasteiger charge is 2.38. The molecule has 1 heterocycles. The van der Waals surface area contributed by atoms with E-state index in [9.17, 15) is 19.4 Å². The van der Waals surface area contributed by atoms with Crippen molar-refractivity contribution in [3.05, 3.63) is 29.3 Å². The van der Waals surface area contributed by atoms with Crippen LogP contribution in [0.3, 0.4) is 0 Å². The van der Waals surface area contributed by atoms with Crippen LogP contribution in [0.25, 0.3) is 0 Å². The maximum atomic E-state index is 12.4. The fraction of sp³-hybridized carbons (Fsp3) is 0.526. The van der Waals surface area contributed by atoms with Crippen LogP contribution >= 0.6 is 0 Å². The number of ether oxygens (including phenoxy) is 3. The third kappa shape index (κ3) is 5.72. The molecule has 0 aromatic heterocycles. The molecule has 1 aliphatic rings. The summed E-state index contributed by atoms with van der Waals surface area (Å²) in [6.45, 7) is 5.07. The lowest BCUT2D eigenvalue weighted by Crippen LogP contribution is -2.36. The molecule has 0 radical (unpaired) electrons. The fourth-order valence-corrected chi connectivity index (χ4v) is 3.02. The smallest absolute Gasteiger partial charge is 0.526 e. The molecule has 1 aromatic rings. The molecule has 9 heteroatoms. The van der Waals surface area contributed by atoms with Crippen molar-refractivity contribution < 1.29 is 38.3 Å². The number of rotatable bonds is 8. The zero-order valence-electron chi connectivity index (χ0n) is 16.3. The van der Waals surface area contributed by atoms with Gasteiger partial charge in [0, 0.05) is 25.6 Å². The number of fused-ring (bicyclic) bond motifs is 1. The van der Waals surface area contributed by atoms with Gasteiger partial charge in [0.15, 0.2) is 0 Å². The zero-order valence-corrected chi connectivity index (χ0v) is 16.3. The maximum absolute atomic E-state index is 12.4. The molecule has 1 aliphatic heterocycles. The number of hydrogen-bond acceptors (Lipinski definition) is 8. The van der Waals surface area contributed by atoms with Crippen LogP contribution in [0, 0.1) is 0 Å². The highest BCUT2D eigenvalue weighted by Crippen LogP contribution is 2.36. The Morgan fingerprint density at radius 1 is 1.29 bits per heavy atom. The van der Waals surface area contributed by atoms with E-state index in [0.29, 0.717) is 18.4 Å². The van der Waals surface area contributed by atoms with Crippen molar-refractivity contribution >= 4 is 25.0 Å². The molecule has 1 aromatic carbocycles. The summed E-state index contributed by atoms with van der Waals surface area (Å²) < 4.78 is 20.1. The third-order valence-corrected chi connectivity index (χ3v) is 4.26. The normalized spacial score (nSPS) is 16.4. The Morgan fingerprint density at radius 2 is 2.04 bits per heavy atom. The molecule has 152 valence electrons. The van der Waals surface area contributed by atoms with Crippen LogP contribution in [-0.2, 0) is 25.4 Å². The van der Waals surface area contributed by atoms with Crippen LogP contribution in [0.15, 0.2) is 18.2 Å². The van der Waals surface area contributed by atoms with Crippen molar-refractivity contribution in [3.63, 3.8) is 0 Å². The number of Topliss-reactive ketones (excluding diaryl/α,β-unsaturated/α-hetero) is 1. The first-order valence-electron chi connectivity index (χ1n) is 9.38. The molecule has 0 bridgehead atoms. The maximum Gasteiger partial charge on any atom is 0.526 e. The van der Waals surface area contributed by atoms with Gasteiger partial charge in [-0.15, -0.1) is 0 Å². The topological polar surface area (TPSA) is 108 Å². The van der Waals surface area contributed by atoms with Crippen molar-refractivity contribution in [2.24, 2.45) is 0 Å². The van der Waals surface area contributed by atoms with Crippen LogP contribution in [0.2, 0.25) is 5.82 Å². The molecular weight excluding hydrogens is 367 g/mol. The number of ketones is 1. The van der Waals surface area contributed by atoms with Gasteiger partial charge >= 0.3 is 19.2 Å². The number of carbonyl (C=O) groups excluding carboxylic acids is 3. The molecule has 8 nitrogen and oxygen atoms in total. The summed E-state index contributed by atoms with van der Waals surface area (Å²) in [6, 6.07) is 4.93. The van der Waals surface area contributed by atoms with E-state index in [4.69, 9.17) is 14.1 Å². The van der Waals surface area contributed by atoms with E-state index in [0.717, 1.165) is 6.42 Å². The summed E-state index contributed by atoms with van der Waals surface area (Å²) in [5.41, 5.74) is 0.808. The Balaban J connectivity index is 2.08. The van der Waals surface area contributed by atoms with E-state index in [2.05, 4.69) is 4.74 Å². The van der Waals surface area contributed by atoms with Gasteiger partial charge in [-0.05, 0) is 31.4 Å². The van der Waals surface area contributed by atoms with Crippen molar-refractivity contribution in [2.75, 3.05) is 6.61 Å². The number of benzene rings is 1. The van der Waals surface area contributed by atoms with Gasteiger partial charge in [0.25, 0.3) is 0 Å². The molecule has 2 rings (SSSR count). The SMILES string of the molecule is CCCC(=O)C[C@H]1Cc2cccc(C(=O)OC(C)OC(=O)OCC)c2OB1O. The first-order chi connectivity index (χ1) is 13.3. The second kappa shape index (κ2) is 10.1. The van der Waals surface area contributed by atoms with E-state index in [1.165, 1.54) is 13.0 Å². The molecule has 0 spiro atoms. The summed E-state index contributed by atoms with van der Waals surface area (Å²) >= 11 is 0. The van der Waals surface area contributed by atoms with Crippen LogP contribution in [0.5, 0.6) is 5.75 Å². The molecule has 0 amide bonds. The van der Waals surface area contributed by atoms with Gasteiger partial charge in [0.2, 0.25) is 6.29 Å². The van der Waals surface area contributed by atoms with Gasteiger partial charge in [-0.25, -0.2) is 9.59 Å². The molecular formula is C19H25BO8. The summed E-state index contributed by atoms with van der Waals surface area (Å²) in [5.74, 6) is -0.855. The van der Waals surface area contributed by atoms with Crippen LogP contribution < -0.4 is 4.65 Å². The Kier molecular flexibility index (Phi) is 7.86. The average Bonchev–Trinajstić information content (AvgIpc) is 2.62. The molecule has 0 aliphatic carbocycles. The van der Waals surface area contributed by atoms with Crippen LogP contribution in [0.4, 0.5) is 4.79 Å². The minimum atomic E-state index is -1.20. The van der Waals surface area contributed by atoms with E-state index in [1.54, 1.807) is 19.1 Å². The minimum absolute atomic E-state index is 0.0686. The lowest BCUT2D eigenvalue weighted by atomic mass is 9.64. The molecule has 1 unspecified atom stereocenters. The van der Waals surface area contributed by atoms with E-state index in [-0.39, 0.29) is 35.9 Å². The standard InChI is InChI=1S/C19H25BO8/c1-4-7-15(21)11-14-10-13-8-6-9-16(17(13)28-20(14)24)18(22)26-12(3)27-19(23)25-5-2/h6,8-9,12,14,24H,4-5,7,10-11H2,1-3H3/t12?,14-/m1/s1. The summed E-state index contributed by atoms with van der Waals surface area (Å²) in [7, 11) is -1.20. The number of esters is 1. The van der Waals surface area contributed by atoms with Gasteiger partial charge in [-0.2, -0.15) is 0 Å². The van der Waals surface area contributed by atoms with Crippen LogP contribution in [0.1, 0.15) is 56.0 Å². The predicted molar refractivity (Wildman–Crippen MR) is 100 cm³/mol. The van der Waals surface area contributed by atoms with E-state index in [1.807, 2.05) is 6.92 Å². The van der Waals surface area contributed by atoms with Gasteiger partial charge in [0.05, 0.1) is 6.61 Å². The van der Waals surface area contributed by atoms with E-state index < -0.39 is 25.5 Å². The van der Waals surface area contributed by atoms with Crippen molar-refractivity contribution in [1.82, 2.24) is 0 Å². The molecule has 0 saturated carbocycles. The number of carbonyl (C=O) groups is 3. The lowest BCUT2D eigenvalue weighted by Gasteiger charge is -2.28. The van der Waals surface area contributed by atoms with Crippen molar-refractivity contribution in [1.29, 1.82) is 0 Å².